The van der Waals surface area contributed by atoms with Crippen LogP contribution in [0.5, 0.6) is 0 Å². The second-order valence-electron chi connectivity index (χ2n) is 4.27. The molecule has 1 aliphatic heterocycles. The zero-order valence-electron chi connectivity index (χ0n) is 9.70. The third kappa shape index (κ3) is 2.57. The van der Waals surface area contributed by atoms with Crippen molar-refractivity contribution in [3.05, 3.63) is 33.8 Å². The van der Waals surface area contributed by atoms with E-state index >= 15 is 0 Å². The highest BCUT2D eigenvalue weighted by Gasteiger charge is 2.23. The lowest BCUT2D eigenvalue weighted by Crippen LogP contribution is -2.38. The predicted octanol–water partition coefficient (Wildman–Crippen LogP) is 2.56. The standard InChI is InChI=1S/C13H14BrNO2/c1-9-3-2-4-11(12(9)14)13(17)15-7-5-10(16)6-8-15/h2-4H,5-8H2,1H3. The van der Waals surface area contributed by atoms with Gasteiger partial charge in [-0.05, 0) is 34.5 Å². The van der Waals surface area contributed by atoms with Gasteiger partial charge in [0.15, 0.2) is 0 Å². The number of nitrogens with zero attached hydrogens (tertiary/aromatic N) is 1. The molecule has 0 bridgehead atoms. The average Bonchev–Trinajstić information content (AvgIpc) is 2.33. The molecule has 0 N–H and O–H groups in total. The van der Waals surface area contributed by atoms with Crippen LogP contribution in [-0.2, 0) is 4.79 Å². The second-order valence-corrected chi connectivity index (χ2v) is 5.06. The molecule has 3 nitrogen and oxygen atoms in total. The fourth-order valence-electron chi connectivity index (χ4n) is 1.94. The van der Waals surface area contributed by atoms with Crippen molar-refractivity contribution in [2.45, 2.75) is 19.8 Å². The summed E-state index contributed by atoms with van der Waals surface area (Å²) < 4.78 is 0.849. The fourth-order valence-corrected chi connectivity index (χ4v) is 2.38. The smallest absolute Gasteiger partial charge is 0.255 e. The Kier molecular flexibility index (Phi) is 3.62. The molecule has 1 aromatic carbocycles. The van der Waals surface area contributed by atoms with Gasteiger partial charge in [0.2, 0.25) is 0 Å². The fraction of sp³-hybridized carbons (Fsp3) is 0.385. The van der Waals surface area contributed by atoms with E-state index in [1.165, 1.54) is 0 Å². The van der Waals surface area contributed by atoms with E-state index in [2.05, 4.69) is 15.9 Å². The molecule has 0 unspecified atom stereocenters. The summed E-state index contributed by atoms with van der Waals surface area (Å²) >= 11 is 3.44. The summed E-state index contributed by atoms with van der Waals surface area (Å²) in [7, 11) is 0. The first kappa shape index (κ1) is 12.3. The topological polar surface area (TPSA) is 37.4 Å². The number of piperidine rings is 1. The molecule has 1 amide bonds. The van der Waals surface area contributed by atoms with Gasteiger partial charge < -0.3 is 4.90 Å². The van der Waals surface area contributed by atoms with Crippen molar-refractivity contribution in [2.75, 3.05) is 13.1 Å². The normalized spacial score (nSPS) is 16.1. The Balaban J connectivity index is 2.20. The Labute approximate surface area is 109 Å². The first-order chi connectivity index (χ1) is 8.09. The van der Waals surface area contributed by atoms with Crippen molar-refractivity contribution in [1.29, 1.82) is 0 Å². The van der Waals surface area contributed by atoms with Gasteiger partial charge in [0.05, 0.1) is 5.56 Å². The van der Waals surface area contributed by atoms with Crippen molar-refractivity contribution >= 4 is 27.6 Å². The molecule has 0 saturated carbocycles. The lowest BCUT2D eigenvalue weighted by molar-refractivity contribution is -0.120. The summed E-state index contributed by atoms with van der Waals surface area (Å²) in [6.45, 7) is 3.04. The molecule has 1 heterocycles. The van der Waals surface area contributed by atoms with E-state index in [1.54, 1.807) is 4.90 Å². The second kappa shape index (κ2) is 5.00. The molecule has 1 fully saturated rings. The molecule has 4 heteroatoms. The molecule has 0 atom stereocenters. The minimum absolute atomic E-state index is 0.00748. The minimum Gasteiger partial charge on any atom is -0.338 e. The molecule has 2 rings (SSSR count). The number of amides is 1. The van der Waals surface area contributed by atoms with E-state index in [0.29, 0.717) is 31.5 Å². The van der Waals surface area contributed by atoms with Crippen molar-refractivity contribution in [3.63, 3.8) is 0 Å². The third-order valence-electron chi connectivity index (χ3n) is 3.03. The summed E-state index contributed by atoms with van der Waals surface area (Å²) in [5, 5.41) is 0. The molecule has 0 aromatic heterocycles. The van der Waals surface area contributed by atoms with Crippen molar-refractivity contribution < 1.29 is 9.59 Å². The number of benzene rings is 1. The van der Waals surface area contributed by atoms with Crippen LogP contribution in [0.4, 0.5) is 0 Å². The van der Waals surface area contributed by atoms with Gasteiger partial charge in [0, 0.05) is 30.4 Å². The molecule has 1 aromatic rings. The molecule has 1 aliphatic rings. The number of Topliss-reactive ketones (excluding diaryl/α,β-unsaturated/α-hetero) is 1. The van der Waals surface area contributed by atoms with Gasteiger partial charge in [0.25, 0.3) is 5.91 Å². The maximum absolute atomic E-state index is 12.3. The Hall–Kier alpha value is -1.16. The zero-order chi connectivity index (χ0) is 12.4. The number of hydrogen-bond donors (Lipinski definition) is 0. The minimum atomic E-state index is 0.00748. The van der Waals surface area contributed by atoms with Crippen LogP contribution < -0.4 is 0 Å². The zero-order valence-corrected chi connectivity index (χ0v) is 11.3. The lowest BCUT2D eigenvalue weighted by Gasteiger charge is -2.26. The number of carbonyl (C=O) groups excluding carboxylic acids is 2. The molecule has 90 valence electrons. The molecular formula is C13H14BrNO2. The maximum Gasteiger partial charge on any atom is 0.255 e. The first-order valence-electron chi connectivity index (χ1n) is 5.65. The summed E-state index contributed by atoms with van der Waals surface area (Å²) in [5.41, 5.74) is 1.73. The van der Waals surface area contributed by atoms with E-state index in [0.717, 1.165) is 10.0 Å². The molecule has 1 saturated heterocycles. The monoisotopic (exact) mass is 295 g/mol. The Morgan fingerprint density at radius 1 is 1.29 bits per heavy atom. The van der Waals surface area contributed by atoms with Crippen molar-refractivity contribution in [2.24, 2.45) is 0 Å². The summed E-state index contributed by atoms with van der Waals surface area (Å²) in [5.74, 6) is 0.255. The molecule has 0 spiro atoms. The van der Waals surface area contributed by atoms with Gasteiger partial charge >= 0.3 is 0 Å². The van der Waals surface area contributed by atoms with E-state index in [9.17, 15) is 9.59 Å². The van der Waals surface area contributed by atoms with Gasteiger partial charge in [-0.1, -0.05) is 12.1 Å². The van der Waals surface area contributed by atoms with E-state index in [4.69, 9.17) is 0 Å². The number of rotatable bonds is 1. The third-order valence-corrected chi connectivity index (χ3v) is 4.08. The largest absolute Gasteiger partial charge is 0.338 e. The van der Waals surface area contributed by atoms with Crippen LogP contribution in [0.25, 0.3) is 0 Å². The Morgan fingerprint density at radius 2 is 1.94 bits per heavy atom. The lowest BCUT2D eigenvalue weighted by atomic mass is 10.1. The highest BCUT2D eigenvalue weighted by molar-refractivity contribution is 9.10. The number of likely N-dealkylation sites (tertiary alicyclic amines) is 1. The van der Waals surface area contributed by atoms with E-state index in [-0.39, 0.29) is 11.7 Å². The Bertz CT molecular complexity index is 460. The van der Waals surface area contributed by atoms with Crippen LogP contribution in [0, 0.1) is 6.92 Å². The first-order valence-corrected chi connectivity index (χ1v) is 6.45. The summed E-state index contributed by atoms with van der Waals surface area (Å²) in [6, 6.07) is 5.65. The molecular weight excluding hydrogens is 282 g/mol. The van der Waals surface area contributed by atoms with Crippen LogP contribution in [0.3, 0.4) is 0 Å². The van der Waals surface area contributed by atoms with Crippen LogP contribution in [0.1, 0.15) is 28.8 Å². The average molecular weight is 296 g/mol. The SMILES string of the molecule is Cc1cccc(C(=O)N2CCC(=O)CC2)c1Br. The number of carbonyl (C=O) groups is 2. The number of ketones is 1. The maximum atomic E-state index is 12.3. The number of halogens is 1. The van der Waals surface area contributed by atoms with Crippen LogP contribution in [0.15, 0.2) is 22.7 Å². The highest BCUT2D eigenvalue weighted by atomic mass is 79.9. The molecule has 0 radical (unpaired) electrons. The Morgan fingerprint density at radius 3 is 2.59 bits per heavy atom. The van der Waals surface area contributed by atoms with Gasteiger partial charge in [0.1, 0.15) is 5.78 Å². The predicted molar refractivity (Wildman–Crippen MR) is 69.0 cm³/mol. The van der Waals surface area contributed by atoms with Gasteiger partial charge in [-0.2, -0.15) is 0 Å². The summed E-state index contributed by atoms with van der Waals surface area (Å²) in [6.07, 6.45) is 0.963. The van der Waals surface area contributed by atoms with E-state index in [1.807, 2.05) is 25.1 Å². The van der Waals surface area contributed by atoms with Gasteiger partial charge in [-0.25, -0.2) is 0 Å². The quantitative estimate of drug-likeness (QED) is 0.798. The molecule has 17 heavy (non-hydrogen) atoms. The summed E-state index contributed by atoms with van der Waals surface area (Å²) in [4.78, 5) is 25.2. The highest BCUT2D eigenvalue weighted by Crippen LogP contribution is 2.23. The van der Waals surface area contributed by atoms with Gasteiger partial charge in [-0.15, -0.1) is 0 Å². The van der Waals surface area contributed by atoms with Crippen LogP contribution >= 0.6 is 15.9 Å². The number of aryl methyl sites for hydroxylation is 1. The van der Waals surface area contributed by atoms with E-state index < -0.39 is 0 Å². The van der Waals surface area contributed by atoms with Crippen LogP contribution in [-0.4, -0.2) is 29.7 Å². The number of hydrogen-bond acceptors (Lipinski definition) is 2. The molecule has 0 aliphatic carbocycles. The van der Waals surface area contributed by atoms with Gasteiger partial charge in [-0.3, -0.25) is 9.59 Å². The van der Waals surface area contributed by atoms with Crippen molar-refractivity contribution in [3.8, 4) is 0 Å². The van der Waals surface area contributed by atoms with Crippen LogP contribution in [0.2, 0.25) is 0 Å². The van der Waals surface area contributed by atoms with Crippen molar-refractivity contribution in [1.82, 2.24) is 4.90 Å².